The second-order valence-electron chi connectivity index (χ2n) is 5.10. The Kier molecular flexibility index (Phi) is 5.71. The van der Waals surface area contributed by atoms with Crippen LogP contribution in [-0.2, 0) is 6.42 Å². The zero-order valence-corrected chi connectivity index (χ0v) is 14.3. The van der Waals surface area contributed by atoms with Gasteiger partial charge in [-0.05, 0) is 61.0 Å². The van der Waals surface area contributed by atoms with Gasteiger partial charge in [-0.2, -0.15) is 0 Å². The minimum atomic E-state index is -0.253. The fourth-order valence-electron chi connectivity index (χ4n) is 2.26. The summed E-state index contributed by atoms with van der Waals surface area (Å²) < 4.78 is 5.08. The first kappa shape index (κ1) is 17.0. The van der Waals surface area contributed by atoms with Crippen LogP contribution in [0.4, 0.5) is 5.69 Å². The highest BCUT2D eigenvalue weighted by molar-refractivity contribution is 7.80. The van der Waals surface area contributed by atoms with Crippen LogP contribution in [0.15, 0.2) is 42.5 Å². The van der Waals surface area contributed by atoms with Gasteiger partial charge in [-0.3, -0.25) is 10.1 Å². The highest BCUT2D eigenvalue weighted by Crippen LogP contribution is 2.21. The number of benzene rings is 2. The van der Waals surface area contributed by atoms with Gasteiger partial charge in [-0.15, -0.1) is 0 Å². The number of thiocarbonyl (C=S) groups is 1. The largest absolute Gasteiger partial charge is 0.497 e. The fraction of sp³-hybridized carbons (Fsp3) is 0.222. The van der Waals surface area contributed by atoms with E-state index in [0.717, 1.165) is 23.2 Å². The van der Waals surface area contributed by atoms with Crippen LogP contribution >= 0.6 is 12.2 Å². The maximum atomic E-state index is 12.2. The first-order valence-corrected chi connectivity index (χ1v) is 7.80. The van der Waals surface area contributed by atoms with Gasteiger partial charge in [0, 0.05) is 11.3 Å². The molecule has 0 atom stereocenters. The number of carbonyl (C=O) groups is 1. The van der Waals surface area contributed by atoms with Gasteiger partial charge in [0.2, 0.25) is 0 Å². The van der Waals surface area contributed by atoms with Crippen molar-refractivity contribution in [1.29, 1.82) is 0 Å². The van der Waals surface area contributed by atoms with Gasteiger partial charge in [0.15, 0.2) is 5.11 Å². The molecule has 2 rings (SSSR count). The first-order chi connectivity index (χ1) is 11.0. The summed E-state index contributed by atoms with van der Waals surface area (Å²) in [6.07, 6.45) is 0.888. The number of ether oxygens (including phenoxy) is 1. The van der Waals surface area contributed by atoms with Gasteiger partial charge in [0.1, 0.15) is 5.75 Å². The van der Waals surface area contributed by atoms with E-state index < -0.39 is 0 Å². The highest BCUT2D eigenvalue weighted by Gasteiger charge is 2.10. The van der Waals surface area contributed by atoms with E-state index in [2.05, 4.69) is 17.6 Å². The van der Waals surface area contributed by atoms with Gasteiger partial charge in [-0.1, -0.05) is 25.1 Å². The van der Waals surface area contributed by atoms with Crippen LogP contribution in [0.1, 0.15) is 28.4 Å². The van der Waals surface area contributed by atoms with Crippen molar-refractivity contribution in [3.63, 3.8) is 0 Å². The Labute approximate surface area is 141 Å². The molecule has 0 aliphatic rings. The molecule has 0 fully saturated rings. The molecule has 5 heteroatoms. The Bertz CT molecular complexity index is 711. The number of methoxy groups -OCH3 is 1. The number of aryl methyl sites for hydroxylation is 2. The average molecular weight is 328 g/mol. The Morgan fingerprint density at radius 1 is 1.17 bits per heavy atom. The van der Waals surface area contributed by atoms with Crippen molar-refractivity contribution in [3.8, 4) is 5.75 Å². The molecule has 0 aliphatic carbocycles. The summed E-state index contributed by atoms with van der Waals surface area (Å²) >= 11 is 5.26. The lowest BCUT2D eigenvalue weighted by molar-refractivity contribution is 0.0977. The van der Waals surface area contributed by atoms with Gasteiger partial charge in [0.25, 0.3) is 5.91 Å². The molecule has 2 aromatic rings. The fourth-order valence-corrected chi connectivity index (χ4v) is 2.46. The quantitative estimate of drug-likeness (QED) is 0.841. The number of nitrogens with one attached hydrogen (secondary N) is 2. The van der Waals surface area contributed by atoms with E-state index in [1.54, 1.807) is 31.4 Å². The summed E-state index contributed by atoms with van der Waals surface area (Å²) in [5.41, 5.74) is 3.72. The average Bonchev–Trinajstić information content (AvgIpc) is 2.56. The summed E-state index contributed by atoms with van der Waals surface area (Å²) in [6.45, 7) is 4.09. The number of hydrogen-bond donors (Lipinski definition) is 2. The van der Waals surface area contributed by atoms with Crippen molar-refractivity contribution >= 4 is 28.9 Å². The maximum Gasteiger partial charge on any atom is 0.257 e. The van der Waals surface area contributed by atoms with E-state index in [1.165, 1.54) is 0 Å². The third kappa shape index (κ3) is 4.29. The van der Waals surface area contributed by atoms with Crippen molar-refractivity contribution in [2.75, 3.05) is 12.4 Å². The SMILES string of the molecule is CCc1cccc(C)c1NC(=S)NC(=O)c1ccc(OC)cc1. The molecule has 2 N–H and O–H groups in total. The lowest BCUT2D eigenvalue weighted by atomic mass is 10.1. The molecule has 0 saturated heterocycles. The Hall–Kier alpha value is -2.40. The number of rotatable bonds is 4. The minimum absolute atomic E-state index is 0.253. The smallest absolute Gasteiger partial charge is 0.257 e. The molecule has 0 spiro atoms. The standard InChI is InChI=1S/C18H20N2O2S/c1-4-13-7-5-6-12(2)16(13)19-18(23)20-17(21)14-8-10-15(22-3)11-9-14/h5-11H,4H2,1-3H3,(H2,19,20,21,23). The molecule has 2 aromatic carbocycles. The first-order valence-electron chi connectivity index (χ1n) is 7.40. The zero-order chi connectivity index (χ0) is 16.8. The highest BCUT2D eigenvalue weighted by atomic mass is 32.1. The lowest BCUT2D eigenvalue weighted by Gasteiger charge is -2.15. The molecule has 0 radical (unpaired) electrons. The Balaban J connectivity index is 2.06. The van der Waals surface area contributed by atoms with Crippen molar-refractivity contribution in [3.05, 3.63) is 59.2 Å². The molecule has 0 aromatic heterocycles. The molecule has 1 amide bonds. The van der Waals surface area contributed by atoms with E-state index in [9.17, 15) is 4.79 Å². The Morgan fingerprint density at radius 3 is 2.48 bits per heavy atom. The molecule has 4 nitrogen and oxygen atoms in total. The molecule has 0 heterocycles. The molecule has 120 valence electrons. The Morgan fingerprint density at radius 2 is 1.87 bits per heavy atom. The van der Waals surface area contributed by atoms with E-state index in [4.69, 9.17) is 17.0 Å². The molecule has 0 aliphatic heterocycles. The van der Waals surface area contributed by atoms with Crippen molar-refractivity contribution < 1.29 is 9.53 Å². The van der Waals surface area contributed by atoms with Crippen LogP contribution in [0.5, 0.6) is 5.75 Å². The number of anilines is 1. The molecular formula is C18H20N2O2S. The molecule has 0 bridgehead atoms. The van der Waals surface area contributed by atoms with Crippen LogP contribution in [0.3, 0.4) is 0 Å². The monoisotopic (exact) mass is 328 g/mol. The predicted octanol–water partition coefficient (Wildman–Crippen LogP) is 3.69. The van der Waals surface area contributed by atoms with E-state index in [1.807, 2.05) is 25.1 Å². The van der Waals surface area contributed by atoms with E-state index in [-0.39, 0.29) is 11.0 Å². The van der Waals surface area contributed by atoms with Crippen molar-refractivity contribution in [1.82, 2.24) is 5.32 Å². The molecular weight excluding hydrogens is 308 g/mol. The van der Waals surface area contributed by atoms with Crippen LogP contribution in [-0.4, -0.2) is 18.1 Å². The number of hydrogen-bond acceptors (Lipinski definition) is 3. The summed E-state index contributed by atoms with van der Waals surface area (Å²) in [7, 11) is 1.58. The number of para-hydroxylation sites is 1. The molecule has 0 unspecified atom stereocenters. The number of amides is 1. The lowest BCUT2D eigenvalue weighted by Crippen LogP contribution is -2.34. The van der Waals surface area contributed by atoms with Crippen LogP contribution in [0, 0.1) is 6.92 Å². The summed E-state index contributed by atoms with van der Waals surface area (Å²) in [5.74, 6) is 0.450. The van der Waals surface area contributed by atoms with Gasteiger partial charge >= 0.3 is 0 Å². The summed E-state index contributed by atoms with van der Waals surface area (Å²) in [5, 5.41) is 6.12. The third-order valence-corrected chi connectivity index (χ3v) is 3.76. The topological polar surface area (TPSA) is 50.4 Å². The normalized spacial score (nSPS) is 10.0. The van der Waals surface area contributed by atoms with Gasteiger partial charge in [-0.25, -0.2) is 0 Å². The summed E-state index contributed by atoms with van der Waals surface area (Å²) in [6, 6.07) is 12.9. The molecule has 23 heavy (non-hydrogen) atoms. The van der Waals surface area contributed by atoms with E-state index >= 15 is 0 Å². The van der Waals surface area contributed by atoms with Crippen LogP contribution < -0.4 is 15.4 Å². The van der Waals surface area contributed by atoms with Gasteiger partial charge in [0.05, 0.1) is 7.11 Å². The number of carbonyl (C=O) groups excluding carboxylic acids is 1. The third-order valence-electron chi connectivity index (χ3n) is 3.56. The zero-order valence-electron chi connectivity index (χ0n) is 13.5. The molecule has 0 saturated carbocycles. The van der Waals surface area contributed by atoms with E-state index in [0.29, 0.717) is 11.3 Å². The van der Waals surface area contributed by atoms with Crippen LogP contribution in [0.2, 0.25) is 0 Å². The summed E-state index contributed by atoms with van der Waals surface area (Å²) in [4.78, 5) is 12.2. The van der Waals surface area contributed by atoms with Crippen LogP contribution in [0.25, 0.3) is 0 Å². The second kappa shape index (κ2) is 7.74. The van der Waals surface area contributed by atoms with Crippen molar-refractivity contribution in [2.45, 2.75) is 20.3 Å². The second-order valence-corrected chi connectivity index (χ2v) is 5.51. The maximum absolute atomic E-state index is 12.2. The predicted molar refractivity (Wildman–Crippen MR) is 97.2 cm³/mol. The minimum Gasteiger partial charge on any atom is -0.497 e. The van der Waals surface area contributed by atoms with Crippen molar-refractivity contribution in [2.24, 2.45) is 0 Å². The van der Waals surface area contributed by atoms with Gasteiger partial charge < -0.3 is 10.1 Å².